The fraction of sp³-hybridized carbons (Fsp3) is 0.625. The average Bonchev–Trinajstić information content (AvgIpc) is 3.35. The van der Waals surface area contributed by atoms with Gasteiger partial charge >= 0.3 is 5.97 Å². The summed E-state index contributed by atoms with van der Waals surface area (Å²) in [5.74, 6) is -2.69. The van der Waals surface area contributed by atoms with Crippen LogP contribution in [0.4, 0.5) is 5.69 Å². The fourth-order valence-corrected chi connectivity index (χ4v) is 6.03. The van der Waals surface area contributed by atoms with Gasteiger partial charge in [0, 0.05) is 12.2 Å². The molecular weight excluding hydrogens is 412 g/mol. The van der Waals surface area contributed by atoms with Gasteiger partial charge in [-0.2, -0.15) is 0 Å². The third-order valence-corrected chi connectivity index (χ3v) is 7.46. The van der Waals surface area contributed by atoms with Crippen LogP contribution in [0.2, 0.25) is 0 Å². The highest BCUT2D eigenvalue weighted by atomic mass is 16.6. The van der Waals surface area contributed by atoms with Crippen molar-refractivity contribution in [3.05, 3.63) is 29.3 Å². The monoisotopic (exact) mass is 444 g/mol. The molecule has 5 atom stereocenters. The van der Waals surface area contributed by atoms with E-state index in [4.69, 9.17) is 9.47 Å². The van der Waals surface area contributed by atoms with E-state index in [1.807, 2.05) is 39.0 Å². The van der Waals surface area contributed by atoms with Crippen molar-refractivity contribution < 1.29 is 29.0 Å². The van der Waals surface area contributed by atoms with E-state index < -0.39 is 35.0 Å². The molecule has 8 nitrogen and oxygen atoms in total. The molecule has 8 heteroatoms. The van der Waals surface area contributed by atoms with E-state index in [1.165, 1.54) is 4.90 Å². The van der Waals surface area contributed by atoms with Crippen LogP contribution in [-0.2, 0) is 23.9 Å². The van der Waals surface area contributed by atoms with E-state index in [1.54, 1.807) is 6.92 Å². The van der Waals surface area contributed by atoms with Crippen molar-refractivity contribution in [3.8, 4) is 0 Å². The summed E-state index contributed by atoms with van der Waals surface area (Å²) in [6, 6.07) is 4.85. The molecule has 2 unspecified atom stereocenters. The molecule has 3 aliphatic heterocycles. The Labute approximate surface area is 188 Å². The normalized spacial score (nSPS) is 32.8. The molecule has 1 spiro atoms. The summed E-state index contributed by atoms with van der Waals surface area (Å²) in [5.41, 5.74) is 0.659. The smallest absolute Gasteiger partial charge is 0.312 e. The molecule has 32 heavy (non-hydrogen) atoms. The van der Waals surface area contributed by atoms with Crippen molar-refractivity contribution in [2.24, 2.45) is 11.8 Å². The number of ether oxygens (including phenoxy) is 2. The number of aliphatic hydroxyl groups is 1. The SMILES string of the molecule is CCOC(=O)[C@H]1[C@H]2C(=O)N(CCO)C(C(=O)Nc3cc(C)ccc3C)C23CC[C@]1(CC)O3. The highest BCUT2D eigenvalue weighted by Gasteiger charge is 2.78. The minimum absolute atomic E-state index is 0. The number of anilines is 1. The van der Waals surface area contributed by atoms with Crippen molar-refractivity contribution in [1.29, 1.82) is 0 Å². The van der Waals surface area contributed by atoms with E-state index >= 15 is 0 Å². The van der Waals surface area contributed by atoms with Crippen LogP contribution in [-0.4, -0.2) is 64.8 Å². The second kappa shape index (κ2) is 8.15. The van der Waals surface area contributed by atoms with E-state index in [0.29, 0.717) is 24.9 Å². The number of nitrogens with zero attached hydrogens (tertiary/aromatic N) is 1. The summed E-state index contributed by atoms with van der Waals surface area (Å²) in [6.45, 7) is 7.44. The van der Waals surface area contributed by atoms with Gasteiger partial charge in [0.2, 0.25) is 11.8 Å². The molecule has 1 aromatic carbocycles. The van der Waals surface area contributed by atoms with Crippen LogP contribution >= 0.6 is 0 Å². The van der Waals surface area contributed by atoms with Crippen LogP contribution in [0.1, 0.15) is 44.2 Å². The number of carbonyl (C=O) groups excluding carboxylic acids is 3. The average molecular weight is 445 g/mol. The highest BCUT2D eigenvalue weighted by molar-refractivity contribution is 6.03. The van der Waals surface area contributed by atoms with Crippen molar-refractivity contribution in [1.82, 2.24) is 4.90 Å². The first-order chi connectivity index (χ1) is 15.2. The molecule has 4 rings (SSSR count). The number of carbonyl (C=O) groups is 3. The molecule has 0 aromatic heterocycles. The van der Waals surface area contributed by atoms with E-state index in [9.17, 15) is 19.5 Å². The number of aliphatic hydroxyl groups excluding tert-OH is 1. The Morgan fingerprint density at radius 1 is 1.28 bits per heavy atom. The van der Waals surface area contributed by atoms with E-state index in [2.05, 4.69) is 5.32 Å². The molecule has 174 valence electrons. The number of β-amino-alcohol motifs (C(OH)–C–C–N with tert-alkyl or cyclic N) is 1. The molecule has 2 amide bonds. The fourth-order valence-electron chi connectivity index (χ4n) is 6.03. The Bertz CT molecular complexity index is 948. The topological polar surface area (TPSA) is 105 Å². The zero-order valence-corrected chi connectivity index (χ0v) is 19.1. The van der Waals surface area contributed by atoms with Gasteiger partial charge in [0.1, 0.15) is 17.6 Å². The molecule has 0 aliphatic carbocycles. The van der Waals surface area contributed by atoms with Crippen molar-refractivity contribution >= 4 is 23.5 Å². The standard InChI is InChI=1S/C24H32N2O6/c1-5-23-9-10-24(32-23)17(18(23)22(30)31-6-2)21(29)26(11-12-27)19(24)20(28)25-16-13-14(3)7-8-15(16)4/h7-8,13,17-19,27H,5-6,9-12H2,1-4H3,(H,25,28)/t17-,18+,19?,23-,24?/m0/s1. The maximum absolute atomic E-state index is 13.6. The van der Waals surface area contributed by atoms with Crippen molar-refractivity contribution in [2.45, 2.75) is 64.2 Å². The van der Waals surface area contributed by atoms with Crippen LogP contribution in [0, 0.1) is 25.7 Å². The number of esters is 1. The van der Waals surface area contributed by atoms with Crippen LogP contribution < -0.4 is 5.32 Å². The maximum atomic E-state index is 13.6. The van der Waals surface area contributed by atoms with E-state index in [-0.39, 0.29) is 31.6 Å². The number of fused-ring (bicyclic) bond motifs is 1. The first-order valence-electron chi connectivity index (χ1n) is 11.4. The number of benzene rings is 1. The second-order valence-corrected chi connectivity index (χ2v) is 9.15. The first kappa shape index (κ1) is 22.7. The van der Waals surface area contributed by atoms with Gasteiger partial charge in [-0.3, -0.25) is 14.4 Å². The Hall–Kier alpha value is -2.45. The van der Waals surface area contributed by atoms with Gasteiger partial charge in [0.15, 0.2) is 0 Å². The summed E-state index contributed by atoms with van der Waals surface area (Å²) in [6.07, 6.45) is 1.63. The molecule has 1 aromatic rings. The number of hydrogen-bond donors (Lipinski definition) is 2. The Balaban J connectivity index is 1.75. The lowest BCUT2D eigenvalue weighted by Crippen LogP contribution is -2.53. The third kappa shape index (κ3) is 3.15. The number of hydrogen-bond acceptors (Lipinski definition) is 6. The predicted octanol–water partition coefficient (Wildman–Crippen LogP) is 1.95. The number of nitrogens with one attached hydrogen (secondary N) is 1. The lowest BCUT2D eigenvalue weighted by molar-refractivity contribution is -0.160. The zero-order valence-electron chi connectivity index (χ0n) is 19.1. The minimum atomic E-state index is -1.11. The van der Waals surface area contributed by atoms with Crippen LogP contribution in [0.25, 0.3) is 0 Å². The quantitative estimate of drug-likeness (QED) is 0.623. The van der Waals surface area contributed by atoms with Crippen molar-refractivity contribution in [3.63, 3.8) is 0 Å². The maximum Gasteiger partial charge on any atom is 0.312 e. The van der Waals surface area contributed by atoms with Crippen LogP contribution in [0.15, 0.2) is 18.2 Å². The molecule has 0 radical (unpaired) electrons. The van der Waals surface area contributed by atoms with Gasteiger partial charge in [-0.15, -0.1) is 0 Å². The van der Waals surface area contributed by atoms with E-state index in [0.717, 1.165) is 11.1 Å². The van der Waals surface area contributed by atoms with Gasteiger partial charge in [-0.05, 0) is 57.2 Å². The lowest BCUT2D eigenvalue weighted by atomic mass is 9.65. The molecule has 3 heterocycles. The highest BCUT2D eigenvalue weighted by Crippen LogP contribution is 2.64. The zero-order chi connectivity index (χ0) is 23.3. The molecule has 3 fully saturated rings. The molecule has 3 aliphatic rings. The van der Waals surface area contributed by atoms with Gasteiger partial charge in [-0.1, -0.05) is 19.1 Å². The summed E-state index contributed by atoms with van der Waals surface area (Å²) >= 11 is 0. The third-order valence-electron chi connectivity index (χ3n) is 7.46. The summed E-state index contributed by atoms with van der Waals surface area (Å²) < 4.78 is 11.9. The van der Waals surface area contributed by atoms with Crippen LogP contribution in [0.3, 0.4) is 0 Å². The first-order valence-corrected chi connectivity index (χ1v) is 11.4. The second-order valence-electron chi connectivity index (χ2n) is 9.15. The summed E-state index contributed by atoms with van der Waals surface area (Å²) in [5, 5.41) is 12.6. The summed E-state index contributed by atoms with van der Waals surface area (Å²) in [4.78, 5) is 41.6. The number of likely N-dealkylation sites (tertiary alicyclic amines) is 1. The summed E-state index contributed by atoms with van der Waals surface area (Å²) in [7, 11) is 0. The molecule has 2 N–H and O–H groups in total. The lowest BCUT2D eigenvalue weighted by Gasteiger charge is -2.33. The Kier molecular flexibility index (Phi) is 5.79. The largest absolute Gasteiger partial charge is 0.466 e. The molecule has 0 saturated carbocycles. The van der Waals surface area contributed by atoms with Gasteiger partial charge in [0.25, 0.3) is 0 Å². The minimum Gasteiger partial charge on any atom is -0.466 e. The number of aryl methyl sites for hydroxylation is 2. The van der Waals surface area contributed by atoms with Crippen LogP contribution in [0.5, 0.6) is 0 Å². The van der Waals surface area contributed by atoms with Crippen molar-refractivity contribution in [2.75, 3.05) is 25.1 Å². The molecule has 3 saturated heterocycles. The van der Waals surface area contributed by atoms with Gasteiger partial charge in [0.05, 0.1) is 24.7 Å². The predicted molar refractivity (Wildman–Crippen MR) is 117 cm³/mol. The molecule has 2 bridgehead atoms. The Morgan fingerprint density at radius 3 is 2.69 bits per heavy atom. The molecular formula is C24H32N2O6. The number of amides is 2. The van der Waals surface area contributed by atoms with Gasteiger partial charge < -0.3 is 24.8 Å². The Morgan fingerprint density at radius 2 is 2.03 bits per heavy atom. The van der Waals surface area contributed by atoms with Gasteiger partial charge in [-0.25, -0.2) is 0 Å². The number of rotatable bonds is 7.